The minimum atomic E-state index is -1.61. The zero-order valence-corrected chi connectivity index (χ0v) is 59.7. The number of nitrogens with one attached hydrogen (secondary N) is 1. The number of aliphatic hydroxyl groups is 5. The van der Waals surface area contributed by atoms with E-state index in [4.69, 9.17) is 14.2 Å². The molecule has 1 amide bonds. The molecule has 0 radical (unpaired) electrons. The van der Waals surface area contributed by atoms with Crippen molar-refractivity contribution in [3.05, 3.63) is 48.6 Å². The van der Waals surface area contributed by atoms with Gasteiger partial charge in [0.1, 0.15) is 24.4 Å². The lowest BCUT2D eigenvalue weighted by Crippen LogP contribution is -2.61. The second kappa shape index (κ2) is 67.6. The van der Waals surface area contributed by atoms with Crippen molar-refractivity contribution < 1.29 is 49.3 Å². The molecule has 1 fully saturated rings. The molecule has 0 spiro atoms. The monoisotopic (exact) mass is 1280 g/mol. The number of unbranched alkanes of at least 4 members (excludes halogenated alkanes) is 49. The number of esters is 1. The summed E-state index contributed by atoms with van der Waals surface area (Å²) in [6, 6.07) is -1.02. The van der Waals surface area contributed by atoms with Crippen LogP contribution in [0.2, 0.25) is 0 Å². The molecule has 0 bridgehead atoms. The van der Waals surface area contributed by atoms with Gasteiger partial charge in [0.05, 0.1) is 25.4 Å². The third kappa shape index (κ3) is 54.4. The Hall–Kier alpha value is -2.38. The van der Waals surface area contributed by atoms with Gasteiger partial charge in [-0.2, -0.15) is 0 Å². The Labute approximate surface area is 561 Å². The van der Waals surface area contributed by atoms with Crippen LogP contribution in [-0.4, -0.2) is 99.6 Å². The lowest BCUT2D eigenvalue weighted by atomic mass is 9.99. The summed E-state index contributed by atoms with van der Waals surface area (Å²) >= 11 is 0. The van der Waals surface area contributed by atoms with Gasteiger partial charge >= 0.3 is 5.97 Å². The summed E-state index contributed by atoms with van der Waals surface area (Å²) in [5.41, 5.74) is 0. The Morgan fingerprint density at radius 2 is 0.758 bits per heavy atom. The standard InChI is InChI=1S/C80H149NO10/c1-4-7-10-13-16-19-22-25-27-29-31-33-35-36-37-39-40-42-44-46-49-52-55-58-61-64-67-73(84)79(88)81-71(72(83)66-63-60-57-54-51-48-24-21-18-15-12-9-6-3)70-89-80-78(77(87)76(86)74(69-82)90-80)91-75(85)68-65-62-59-56-53-50-47-45-43-41-38-34-32-30-28-26-23-20-17-14-11-8-5-2/h16,19,25,27,31,33,63,66,71-74,76-78,80,82-84,86-87H,4-15,17-18,20-24,26,28-30,32,34-62,64-65,67-70H2,1-3H3,(H,81,88)/b19-16-,27-25-,33-31-,66-63+. The Morgan fingerprint density at radius 1 is 0.429 bits per heavy atom. The normalized spacial score (nSPS) is 18.2. The molecule has 11 nitrogen and oxygen atoms in total. The highest BCUT2D eigenvalue weighted by Crippen LogP contribution is 2.27. The Morgan fingerprint density at radius 3 is 1.15 bits per heavy atom. The van der Waals surface area contributed by atoms with Crippen LogP contribution in [0.3, 0.4) is 0 Å². The van der Waals surface area contributed by atoms with Crippen LogP contribution in [0.5, 0.6) is 0 Å². The van der Waals surface area contributed by atoms with Gasteiger partial charge in [0, 0.05) is 6.42 Å². The fourth-order valence-corrected chi connectivity index (χ4v) is 12.5. The van der Waals surface area contributed by atoms with Gasteiger partial charge in [-0.05, 0) is 64.2 Å². The highest BCUT2D eigenvalue weighted by molar-refractivity contribution is 5.80. The molecular weight excluding hydrogens is 1130 g/mol. The Balaban J connectivity index is 2.52. The second-order valence-electron chi connectivity index (χ2n) is 27.5. The average Bonchev–Trinajstić information content (AvgIpc) is 0.969. The van der Waals surface area contributed by atoms with E-state index in [1.165, 1.54) is 270 Å². The zero-order chi connectivity index (χ0) is 66.0. The number of hydrogen-bond acceptors (Lipinski definition) is 10. The molecule has 8 unspecified atom stereocenters. The summed E-state index contributed by atoms with van der Waals surface area (Å²) in [5.74, 6) is -1.18. The number of carbonyl (C=O) groups is 2. The largest absolute Gasteiger partial charge is 0.454 e. The molecule has 11 heteroatoms. The van der Waals surface area contributed by atoms with Gasteiger partial charge in [0.15, 0.2) is 12.4 Å². The topological polar surface area (TPSA) is 175 Å². The number of amides is 1. The van der Waals surface area contributed by atoms with Gasteiger partial charge < -0.3 is 45.1 Å². The van der Waals surface area contributed by atoms with Crippen LogP contribution in [-0.2, 0) is 23.8 Å². The van der Waals surface area contributed by atoms with Crippen LogP contribution in [0, 0.1) is 0 Å². The molecule has 0 saturated carbocycles. The van der Waals surface area contributed by atoms with Crippen LogP contribution in [0.25, 0.3) is 0 Å². The maximum atomic E-state index is 13.5. The minimum absolute atomic E-state index is 0.129. The van der Waals surface area contributed by atoms with E-state index >= 15 is 0 Å². The average molecular weight is 1290 g/mol. The predicted molar refractivity (Wildman–Crippen MR) is 384 cm³/mol. The molecule has 8 atom stereocenters. The van der Waals surface area contributed by atoms with E-state index < -0.39 is 67.4 Å². The molecule has 0 aromatic rings. The smallest absolute Gasteiger partial charge is 0.306 e. The first-order chi connectivity index (χ1) is 44.7. The molecular formula is C80H149NO10. The number of allylic oxidation sites excluding steroid dienone is 7. The van der Waals surface area contributed by atoms with Crippen LogP contribution in [0.4, 0.5) is 0 Å². The molecule has 0 aliphatic carbocycles. The van der Waals surface area contributed by atoms with Crippen LogP contribution in [0.1, 0.15) is 387 Å². The molecule has 91 heavy (non-hydrogen) atoms. The van der Waals surface area contributed by atoms with E-state index in [9.17, 15) is 35.1 Å². The van der Waals surface area contributed by atoms with Crippen molar-refractivity contribution in [2.24, 2.45) is 0 Å². The quantitative estimate of drug-likeness (QED) is 0.0195. The van der Waals surface area contributed by atoms with Crippen molar-refractivity contribution in [2.45, 2.75) is 436 Å². The zero-order valence-electron chi connectivity index (χ0n) is 59.7. The highest BCUT2D eigenvalue weighted by atomic mass is 16.7. The molecule has 534 valence electrons. The van der Waals surface area contributed by atoms with Gasteiger partial charge in [-0.3, -0.25) is 9.59 Å². The third-order valence-electron chi connectivity index (χ3n) is 18.7. The van der Waals surface area contributed by atoms with E-state index in [0.29, 0.717) is 19.3 Å². The van der Waals surface area contributed by atoms with Gasteiger partial charge in [0.25, 0.3) is 0 Å². The van der Waals surface area contributed by atoms with Crippen molar-refractivity contribution >= 4 is 11.9 Å². The van der Waals surface area contributed by atoms with Gasteiger partial charge in [0.2, 0.25) is 5.91 Å². The van der Waals surface area contributed by atoms with Crippen LogP contribution >= 0.6 is 0 Å². The Bertz CT molecular complexity index is 1670. The number of hydrogen-bond donors (Lipinski definition) is 6. The van der Waals surface area contributed by atoms with Crippen molar-refractivity contribution in [2.75, 3.05) is 13.2 Å². The van der Waals surface area contributed by atoms with Crippen molar-refractivity contribution in [1.29, 1.82) is 0 Å². The van der Waals surface area contributed by atoms with Gasteiger partial charge in [-0.1, -0.05) is 365 Å². The summed E-state index contributed by atoms with van der Waals surface area (Å²) in [6.07, 6.45) is 75.9. The fourth-order valence-electron chi connectivity index (χ4n) is 12.5. The minimum Gasteiger partial charge on any atom is -0.454 e. The Kier molecular flexibility index (Phi) is 64.3. The van der Waals surface area contributed by atoms with Crippen molar-refractivity contribution in [3.63, 3.8) is 0 Å². The van der Waals surface area contributed by atoms with E-state index in [1.807, 2.05) is 6.08 Å². The lowest BCUT2D eigenvalue weighted by molar-refractivity contribution is -0.305. The van der Waals surface area contributed by atoms with Crippen molar-refractivity contribution in [3.8, 4) is 0 Å². The van der Waals surface area contributed by atoms with Gasteiger partial charge in [-0.15, -0.1) is 0 Å². The molecule has 1 rings (SSSR count). The summed E-state index contributed by atoms with van der Waals surface area (Å²) < 4.78 is 17.8. The molecule has 1 saturated heterocycles. The molecule has 6 N–H and O–H groups in total. The number of ether oxygens (including phenoxy) is 3. The van der Waals surface area contributed by atoms with Crippen molar-refractivity contribution in [1.82, 2.24) is 5.32 Å². The summed E-state index contributed by atoms with van der Waals surface area (Å²) in [5, 5.41) is 57.4. The summed E-state index contributed by atoms with van der Waals surface area (Å²) in [6.45, 7) is 5.84. The summed E-state index contributed by atoms with van der Waals surface area (Å²) in [7, 11) is 0. The second-order valence-corrected chi connectivity index (χ2v) is 27.5. The predicted octanol–water partition coefficient (Wildman–Crippen LogP) is 21.1. The number of carbonyl (C=O) groups excluding carboxylic acids is 2. The highest BCUT2D eigenvalue weighted by Gasteiger charge is 2.47. The molecule has 1 heterocycles. The first kappa shape index (κ1) is 86.6. The molecule has 0 aromatic heterocycles. The molecule has 1 aliphatic heterocycles. The van der Waals surface area contributed by atoms with Crippen LogP contribution < -0.4 is 5.32 Å². The molecule has 1 aliphatic rings. The van der Waals surface area contributed by atoms with Gasteiger partial charge in [-0.25, -0.2) is 0 Å². The van der Waals surface area contributed by atoms with E-state index in [1.54, 1.807) is 6.08 Å². The van der Waals surface area contributed by atoms with E-state index in [0.717, 1.165) is 70.6 Å². The van der Waals surface area contributed by atoms with E-state index in [-0.39, 0.29) is 13.0 Å². The number of rotatable bonds is 69. The maximum Gasteiger partial charge on any atom is 0.306 e. The fraction of sp³-hybridized carbons (Fsp3) is 0.875. The summed E-state index contributed by atoms with van der Waals surface area (Å²) in [4.78, 5) is 26.8. The van der Waals surface area contributed by atoms with Crippen LogP contribution in [0.15, 0.2) is 48.6 Å². The number of aliphatic hydroxyl groups excluding tert-OH is 5. The molecule has 0 aromatic carbocycles. The lowest BCUT2D eigenvalue weighted by Gasteiger charge is -2.41. The third-order valence-corrected chi connectivity index (χ3v) is 18.7. The first-order valence-electron chi connectivity index (χ1n) is 39.4. The first-order valence-corrected chi connectivity index (χ1v) is 39.4. The van der Waals surface area contributed by atoms with E-state index in [2.05, 4.69) is 62.5 Å². The SMILES string of the molecule is CCCCC/C=C\C/C=C\C/C=C\CCCCCCCCCCCCCCCC(O)C(=O)NC(COC1OC(CO)C(O)C(O)C1OC(=O)CCCCCCCCCCCCCCCCCCCCCCCCC)C(O)/C=C/CCCCCCCCCCCCC. The maximum absolute atomic E-state index is 13.5.